The highest BCUT2D eigenvalue weighted by Crippen LogP contribution is 2.26. The number of sulfonamides is 1. The van der Waals surface area contributed by atoms with Crippen LogP contribution in [0.4, 0.5) is 10.1 Å². The summed E-state index contributed by atoms with van der Waals surface area (Å²) >= 11 is 0. The van der Waals surface area contributed by atoms with Crippen molar-refractivity contribution < 1.29 is 27.1 Å². The number of amides is 2. The van der Waals surface area contributed by atoms with E-state index >= 15 is 0 Å². The average Bonchev–Trinajstić information content (AvgIpc) is 3.03. The number of halogens is 1. The molecule has 1 N–H and O–H groups in total. The van der Waals surface area contributed by atoms with Crippen molar-refractivity contribution in [2.24, 2.45) is 0 Å². The molecule has 8 nitrogen and oxygen atoms in total. The van der Waals surface area contributed by atoms with Gasteiger partial charge in [0, 0.05) is 19.5 Å². The summed E-state index contributed by atoms with van der Waals surface area (Å²) in [4.78, 5) is 29.1. The summed E-state index contributed by atoms with van der Waals surface area (Å²) in [6, 6.07) is 28.2. The molecule has 0 radical (unpaired) electrons. The number of hydrogen-bond donors (Lipinski definition) is 1. The van der Waals surface area contributed by atoms with Gasteiger partial charge in [0.15, 0.2) is 0 Å². The van der Waals surface area contributed by atoms with E-state index in [4.69, 9.17) is 4.74 Å². The molecule has 0 saturated heterocycles. The van der Waals surface area contributed by atoms with Gasteiger partial charge in [-0.2, -0.15) is 0 Å². The normalized spacial score (nSPS) is 11.8. The van der Waals surface area contributed by atoms with Gasteiger partial charge >= 0.3 is 0 Å². The van der Waals surface area contributed by atoms with E-state index in [9.17, 15) is 22.4 Å². The first-order chi connectivity index (χ1) is 20.7. The lowest BCUT2D eigenvalue weighted by molar-refractivity contribution is -0.140. The van der Waals surface area contributed by atoms with Crippen LogP contribution in [0.15, 0.2) is 114 Å². The molecule has 0 aliphatic heterocycles. The average molecular weight is 604 g/mol. The minimum absolute atomic E-state index is 0.0636. The van der Waals surface area contributed by atoms with Crippen LogP contribution in [0, 0.1) is 5.82 Å². The molecule has 4 rings (SSSR count). The summed E-state index contributed by atoms with van der Waals surface area (Å²) < 4.78 is 47.9. The van der Waals surface area contributed by atoms with E-state index < -0.39 is 34.3 Å². The Labute approximate surface area is 251 Å². The first-order valence-corrected chi connectivity index (χ1v) is 15.2. The number of anilines is 1. The maximum absolute atomic E-state index is 14.3. The third-order valence-corrected chi connectivity index (χ3v) is 8.65. The van der Waals surface area contributed by atoms with Gasteiger partial charge in [0.25, 0.3) is 10.0 Å². The van der Waals surface area contributed by atoms with E-state index in [1.807, 2.05) is 60.7 Å². The van der Waals surface area contributed by atoms with Gasteiger partial charge < -0.3 is 15.0 Å². The van der Waals surface area contributed by atoms with E-state index in [1.165, 1.54) is 48.4 Å². The van der Waals surface area contributed by atoms with Gasteiger partial charge in [-0.05, 0) is 66.6 Å². The van der Waals surface area contributed by atoms with Crippen LogP contribution in [-0.2, 0) is 32.6 Å². The predicted octanol–water partition coefficient (Wildman–Crippen LogP) is 4.81. The summed E-state index contributed by atoms with van der Waals surface area (Å²) in [7, 11) is -2.83. The van der Waals surface area contributed by atoms with E-state index in [2.05, 4.69) is 5.32 Å². The highest BCUT2D eigenvalue weighted by molar-refractivity contribution is 7.92. The van der Waals surface area contributed by atoms with Crippen molar-refractivity contribution in [3.05, 3.63) is 126 Å². The Balaban J connectivity index is 1.77. The predicted molar refractivity (Wildman–Crippen MR) is 164 cm³/mol. The largest absolute Gasteiger partial charge is 0.497 e. The molecule has 2 amide bonds. The first kappa shape index (κ1) is 31.2. The number of methoxy groups -OCH3 is 1. The molecule has 4 aromatic carbocycles. The zero-order chi connectivity index (χ0) is 30.8. The number of ether oxygens (including phenoxy) is 1. The van der Waals surface area contributed by atoms with Crippen molar-refractivity contribution in [2.75, 3.05) is 24.5 Å². The van der Waals surface area contributed by atoms with Crippen LogP contribution >= 0.6 is 0 Å². The number of nitrogens with zero attached hydrogens (tertiary/aromatic N) is 2. The maximum Gasteiger partial charge on any atom is 0.264 e. The second kappa shape index (κ2) is 14.5. The first-order valence-electron chi connectivity index (χ1n) is 13.8. The fourth-order valence-electron chi connectivity index (χ4n) is 4.64. The maximum atomic E-state index is 14.3. The molecular weight excluding hydrogens is 569 g/mol. The van der Waals surface area contributed by atoms with Crippen molar-refractivity contribution in [1.82, 2.24) is 10.2 Å². The van der Waals surface area contributed by atoms with Crippen LogP contribution in [0.25, 0.3) is 0 Å². The third-order valence-electron chi connectivity index (χ3n) is 6.86. The summed E-state index contributed by atoms with van der Waals surface area (Å²) in [6.45, 7) is 1.58. The Kier molecular flexibility index (Phi) is 10.5. The lowest BCUT2D eigenvalue weighted by Gasteiger charge is -2.33. The molecule has 0 aliphatic rings. The standard InChI is InChI=1S/C33H34FN3O5S/c1-3-35-33(39)31(22-25-10-6-4-7-11-25)36(23-26-12-8-5-9-13-26)32(38)24-37(28-16-14-27(34)15-17-28)43(40,41)30-20-18-29(42-2)19-21-30/h4-21,31H,3,22-24H2,1-2H3,(H,35,39)/t31-/m1/s1. The monoisotopic (exact) mass is 603 g/mol. The van der Waals surface area contributed by atoms with Gasteiger partial charge in [-0.3, -0.25) is 13.9 Å². The van der Waals surface area contributed by atoms with Crippen LogP contribution < -0.4 is 14.4 Å². The van der Waals surface area contributed by atoms with E-state index in [1.54, 1.807) is 6.92 Å². The topological polar surface area (TPSA) is 96.0 Å². The molecule has 224 valence electrons. The number of rotatable bonds is 13. The summed E-state index contributed by atoms with van der Waals surface area (Å²) in [5, 5.41) is 2.83. The van der Waals surface area contributed by atoms with Gasteiger partial charge in [0.05, 0.1) is 17.7 Å². The van der Waals surface area contributed by atoms with E-state index in [0.717, 1.165) is 27.6 Å². The van der Waals surface area contributed by atoms with Crippen molar-refractivity contribution in [3.63, 3.8) is 0 Å². The fourth-order valence-corrected chi connectivity index (χ4v) is 6.05. The summed E-state index contributed by atoms with van der Waals surface area (Å²) in [5.41, 5.74) is 1.71. The third kappa shape index (κ3) is 7.98. The summed E-state index contributed by atoms with van der Waals surface area (Å²) in [5.74, 6) is -1.05. The molecule has 0 unspecified atom stereocenters. The molecule has 0 spiro atoms. The second-order valence-electron chi connectivity index (χ2n) is 9.77. The number of benzene rings is 4. The van der Waals surface area contributed by atoms with Crippen molar-refractivity contribution in [3.8, 4) is 5.75 Å². The number of likely N-dealkylation sites (N-methyl/N-ethyl adjacent to an activating group) is 1. The molecule has 4 aromatic rings. The van der Waals surface area contributed by atoms with Gasteiger partial charge in [0.1, 0.15) is 24.2 Å². The number of carbonyl (C=O) groups excluding carboxylic acids is 2. The van der Waals surface area contributed by atoms with E-state index in [0.29, 0.717) is 12.3 Å². The number of carbonyl (C=O) groups is 2. The Morgan fingerprint density at radius 1 is 0.837 bits per heavy atom. The Bertz CT molecular complexity index is 1600. The molecule has 0 heterocycles. The van der Waals surface area contributed by atoms with Crippen molar-refractivity contribution >= 4 is 27.5 Å². The van der Waals surface area contributed by atoms with E-state index in [-0.39, 0.29) is 29.5 Å². The molecule has 43 heavy (non-hydrogen) atoms. The summed E-state index contributed by atoms with van der Waals surface area (Å²) in [6.07, 6.45) is 0.215. The molecule has 0 aliphatic carbocycles. The minimum Gasteiger partial charge on any atom is -0.497 e. The zero-order valence-corrected chi connectivity index (χ0v) is 24.8. The highest BCUT2D eigenvalue weighted by Gasteiger charge is 2.34. The zero-order valence-electron chi connectivity index (χ0n) is 24.0. The molecular formula is C33H34FN3O5S. The van der Waals surface area contributed by atoms with Crippen molar-refractivity contribution in [1.29, 1.82) is 0 Å². The fraction of sp³-hybridized carbons (Fsp3) is 0.212. The Morgan fingerprint density at radius 3 is 1.98 bits per heavy atom. The lowest BCUT2D eigenvalue weighted by Crippen LogP contribution is -2.53. The van der Waals surface area contributed by atoms with Gasteiger partial charge in [-0.25, -0.2) is 12.8 Å². The van der Waals surface area contributed by atoms with Gasteiger partial charge in [-0.15, -0.1) is 0 Å². The van der Waals surface area contributed by atoms with Crippen molar-refractivity contribution in [2.45, 2.75) is 30.8 Å². The molecule has 0 aromatic heterocycles. The van der Waals surface area contributed by atoms with Crippen LogP contribution in [0.2, 0.25) is 0 Å². The number of hydrogen-bond acceptors (Lipinski definition) is 5. The smallest absolute Gasteiger partial charge is 0.264 e. The molecule has 0 fully saturated rings. The highest BCUT2D eigenvalue weighted by atomic mass is 32.2. The second-order valence-corrected chi connectivity index (χ2v) is 11.6. The minimum atomic E-state index is -4.30. The lowest BCUT2D eigenvalue weighted by atomic mass is 10.0. The number of nitrogens with one attached hydrogen (secondary N) is 1. The molecule has 10 heteroatoms. The Morgan fingerprint density at radius 2 is 1.42 bits per heavy atom. The quantitative estimate of drug-likeness (QED) is 0.237. The van der Waals surface area contributed by atoms with Crippen LogP contribution in [0.3, 0.4) is 0 Å². The van der Waals surface area contributed by atoms with Crippen LogP contribution in [0.1, 0.15) is 18.1 Å². The van der Waals surface area contributed by atoms with Gasteiger partial charge in [-0.1, -0.05) is 60.7 Å². The SMILES string of the molecule is CCNC(=O)[C@@H](Cc1ccccc1)N(Cc1ccccc1)C(=O)CN(c1ccc(F)cc1)S(=O)(=O)c1ccc(OC)cc1. The van der Waals surface area contributed by atoms with Gasteiger partial charge in [0.2, 0.25) is 11.8 Å². The molecule has 0 bridgehead atoms. The Hall–Kier alpha value is -4.70. The van der Waals surface area contributed by atoms with Crippen LogP contribution in [-0.4, -0.2) is 51.4 Å². The molecule has 0 saturated carbocycles. The molecule has 1 atom stereocenters. The van der Waals surface area contributed by atoms with Crippen LogP contribution in [0.5, 0.6) is 5.75 Å².